The van der Waals surface area contributed by atoms with E-state index in [0.717, 1.165) is 39.1 Å². The van der Waals surface area contributed by atoms with E-state index in [1.54, 1.807) is 11.8 Å². The molecule has 30 heavy (non-hydrogen) atoms. The Morgan fingerprint density at radius 3 is 2.43 bits per heavy atom. The van der Waals surface area contributed by atoms with Gasteiger partial charge < -0.3 is 0 Å². The van der Waals surface area contributed by atoms with E-state index >= 15 is 0 Å². The van der Waals surface area contributed by atoms with Crippen LogP contribution in [0.3, 0.4) is 0 Å². The summed E-state index contributed by atoms with van der Waals surface area (Å²) in [6, 6.07) is 15.6. The third-order valence-electron chi connectivity index (χ3n) is 4.78. The summed E-state index contributed by atoms with van der Waals surface area (Å²) in [5, 5.41) is 4.29. The first kappa shape index (κ1) is 20.3. The molecule has 6 heteroatoms. The summed E-state index contributed by atoms with van der Waals surface area (Å²) in [4.78, 5) is 23.4. The molecule has 4 rings (SSSR count). The third-order valence-corrected chi connectivity index (χ3v) is 5.86. The van der Waals surface area contributed by atoms with Crippen molar-refractivity contribution in [2.75, 3.05) is 4.90 Å². The molecule has 0 radical (unpaired) electrons. The topological polar surface area (TPSA) is 46.1 Å². The number of pyridine rings is 1. The number of amides is 1. The molecule has 150 valence electrons. The van der Waals surface area contributed by atoms with E-state index in [4.69, 9.17) is 11.6 Å². The maximum atomic E-state index is 12.4. The molecule has 0 saturated heterocycles. The van der Waals surface area contributed by atoms with Gasteiger partial charge in [0.1, 0.15) is 0 Å². The van der Waals surface area contributed by atoms with Crippen LogP contribution in [0, 0.1) is 13.8 Å². The van der Waals surface area contributed by atoms with Crippen LogP contribution < -0.4 is 4.90 Å². The van der Waals surface area contributed by atoms with Crippen molar-refractivity contribution in [1.29, 1.82) is 0 Å². The van der Waals surface area contributed by atoms with Crippen LogP contribution in [0.2, 0.25) is 5.02 Å². The van der Waals surface area contributed by atoms with E-state index in [9.17, 15) is 4.79 Å². The molecule has 0 aliphatic carbocycles. The minimum atomic E-state index is -0.0645. The molecular weight excluding hydrogens is 414 g/mol. The molecule has 0 fully saturated rings. The van der Waals surface area contributed by atoms with Crippen LogP contribution in [-0.2, 0) is 4.79 Å². The number of hydrogen-bond acceptors (Lipinski definition) is 4. The van der Waals surface area contributed by atoms with Crippen LogP contribution in [0.15, 0.2) is 53.9 Å². The molecule has 0 spiro atoms. The van der Waals surface area contributed by atoms with E-state index < -0.39 is 0 Å². The number of fused-ring (bicyclic) bond motifs is 1. The number of thiazole rings is 1. The summed E-state index contributed by atoms with van der Waals surface area (Å²) in [6.07, 6.45) is 3.82. The average molecular weight is 434 g/mol. The fourth-order valence-electron chi connectivity index (χ4n) is 3.37. The highest BCUT2D eigenvalue weighted by atomic mass is 35.5. The number of para-hydroxylation sites is 1. The van der Waals surface area contributed by atoms with Crippen molar-refractivity contribution < 1.29 is 4.79 Å². The van der Waals surface area contributed by atoms with Crippen LogP contribution in [0.1, 0.15) is 29.4 Å². The lowest BCUT2D eigenvalue weighted by Gasteiger charge is -2.22. The number of rotatable bonds is 4. The largest absolute Gasteiger partial charge is 0.274 e. The fraction of sp³-hybridized carbons (Fsp3) is 0.125. The molecule has 2 aromatic heterocycles. The van der Waals surface area contributed by atoms with Gasteiger partial charge in [-0.3, -0.25) is 9.69 Å². The first-order valence-corrected chi connectivity index (χ1v) is 10.7. The highest BCUT2D eigenvalue weighted by Gasteiger charge is 2.21. The van der Waals surface area contributed by atoms with Crippen molar-refractivity contribution in [2.45, 2.75) is 20.8 Å². The average Bonchev–Trinajstić information content (AvgIpc) is 3.17. The molecule has 1 amide bonds. The second-order valence-corrected chi connectivity index (χ2v) is 8.33. The number of benzene rings is 2. The zero-order valence-electron chi connectivity index (χ0n) is 16.9. The summed E-state index contributed by atoms with van der Waals surface area (Å²) in [7, 11) is 0. The number of halogens is 1. The van der Waals surface area contributed by atoms with Gasteiger partial charge in [0.05, 0.1) is 22.6 Å². The van der Waals surface area contributed by atoms with Gasteiger partial charge in [0.2, 0.25) is 5.91 Å². The van der Waals surface area contributed by atoms with Gasteiger partial charge in [0.15, 0.2) is 5.13 Å². The van der Waals surface area contributed by atoms with Gasteiger partial charge in [-0.1, -0.05) is 41.9 Å². The van der Waals surface area contributed by atoms with E-state index in [2.05, 4.69) is 9.97 Å². The van der Waals surface area contributed by atoms with Gasteiger partial charge in [-0.2, -0.15) is 0 Å². The van der Waals surface area contributed by atoms with Gasteiger partial charge in [-0.05, 0) is 55.3 Å². The zero-order valence-corrected chi connectivity index (χ0v) is 18.5. The molecule has 4 nitrogen and oxygen atoms in total. The smallest absolute Gasteiger partial charge is 0.230 e. The normalized spacial score (nSPS) is 11.3. The standard InChI is InChI=1S/C24H20ClN3OS/c1-15-5-4-6-16(2)23(15)28(17(3)29)24-27-21(14-30-24)12-11-20-10-8-18-7-9-19(25)13-22(18)26-20/h4-14H,1-3H3/b12-11+. The molecule has 0 aliphatic rings. The Balaban J connectivity index is 1.64. The SMILES string of the molecule is CC(=O)N(c1nc(/C=C/c2ccc3ccc(Cl)cc3n2)cs1)c1c(C)cccc1C. The number of aryl methyl sites for hydroxylation is 2. The van der Waals surface area contributed by atoms with Crippen molar-refractivity contribution in [3.8, 4) is 0 Å². The van der Waals surface area contributed by atoms with Crippen molar-refractivity contribution in [1.82, 2.24) is 9.97 Å². The first-order chi connectivity index (χ1) is 14.4. The summed E-state index contributed by atoms with van der Waals surface area (Å²) >= 11 is 7.52. The Bertz CT molecular complexity index is 1260. The number of carbonyl (C=O) groups is 1. The molecular formula is C24H20ClN3OS. The van der Waals surface area contributed by atoms with Crippen molar-refractivity contribution in [3.05, 3.63) is 81.4 Å². The van der Waals surface area contributed by atoms with Crippen molar-refractivity contribution >= 4 is 62.7 Å². The second-order valence-electron chi connectivity index (χ2n) is 7.06. The maximum absolute atomic E-state index is 12.4. The molecule has 0 atom stereocenters. The molecule has 2 heterocycles. The third kappa shape index (κ3) is 4.13. The molecule has 0 N–H and O–H groups in total. The lowest BCUT2D eigenvalue weighted by molar-refractivity contribution is -0.115. The number of aromatic nitrogens is 2. The van der Waals surface area contributed by atoms with Crippen LogP contribution in [0.25, 0.3) is 23.1 Å². The number of carbonyl (C=O) groups excluding carboxylic acids is 1. The molecule has 0 unspecified atom stereocenters. The quantitative estimate of drug-likeness (QED) is 0.355. The Morgan fingerprint density at radius 2 is 1.70 bits per heavy atom. The fourth-order valence-corrected chi connectivity index (χ4v) is 4.38. The van der Waals surface area contributed by atoms with Crippen LogP contribution in [0.4, 0.5) is 10.8 Å². The Kier molecular flexibility index (Phi) is 5.66. The molecule has 2 aromatic carbocycles. The summed E-state index contributed by atoms with van der Waals surface area (Å²) in [5.41, 5.74) is 5.41. The molecule has 0 saturated carbocycles. The van der Waals surface area contributed by atoms with E-state index in [0.29, 0.717) is 10.2 Å². The summed E-state index contributed by atoms with van der Waals surface area (Å²) in [5.74, 6) is -0.0645. The summed E-state index contributed by atoms with van der Waals surface area (Å²) in [6.45, 7) is 5.57. The van der Waals surface area contributed by atoms with Crippen LogP contribution in [0.5, 0.6) is 0 Å². The predicted octanol–water partition coefficient (Wildman–Crippen LogP) is 6.82. The van der Waals surface area contributed by atoms with Gasteiger partial charge in [0.25, 0.3) is 0 Å². The maximum Gasteiger partial charge on any atom is 0.230 e. The minimum Gasteiger partial charge on any atom is -0.274 e. The number of anilines is 2. The monoisotopic (exact) mass is 433 g/mol. The van der Waals surface area contributed by atoms with Crippen molar-refractivity contribution in [3.63, 3.8) is 0 Å². The minimum absolute atomic E-state index is 0.0645. The number of hydrogen-bond donors (Lipinski definition) is 0. The van der Waals surface area contributed by atoms with Gasteiger partial charge in [0, 0.05) is 22.7 Å². The number of nitrogens with zero attached hydrogens (tertiary/aromatic N) is 3. The predicted molar refractivity (Wildman–Crippen MR) is 127 cm³/mol. The molecule has 0 aliphatic heterocycles. The Labute approximate surface area is 184 Å². The van der Waals surface area contributed by atoms with E-state index in [1.807, 2.05) is 79.9 Å². The lowest BCUT2D eigenvalue weighted by atomic mass is 10.1. The second kappa shape index (κ2) is 8.38. The highest BCUT2D eigenvalue weighted by Crippen LogP contribution is 2.34. The Hall–Kier alpha value is -3.02. The molecule has 0 bridgehead atoms. The van der Waals surface area contributed by atoms with E-state index in [-0.39, 0.29) is 5.91 Å². The summed E-state index contributed by atoms with van der Waals surface area (Å²) < 4.78 is 0. The molecule has 4 aromatic rings. The van der Waals surface area contributed by atoms with E-state index in [1.165, 1.54) is 11.3 Å². The zero-order chi connectivity index (χ0) is 21.3. The first-order valence-electron chi connectivity index (χ1n) is 9.49. The van der Waals surface area contributed by atoms with Crippen molar-refractivity contribution in [2.24, 2.45) is 0 Å². The van der Waals surface area contributed by atoms with Gasteiger partial charge >= 0.3 is 0 Å². The lowest BCUT2D eigenvalue weighted by Crippen LogP contribution is -2.24. The van der Waals surface area contributed by atoms with Gasteiger partial charge in [-0.25, -0.2) is 9.97 Å². The van der Waals surface area contributed by atoms with Crippen LogP contribution in [-0.4, -0.2) is 15.9 Å². The Morgan fingerprint density at radius 1 is 1.00 bits per heavy atom. The van der Waals surface area contributed by atoms with Crippen LogP contribution >= 0.6 is 22.9 Å². The highest BCUT2D eigenvalue weighted by molar-refractivity contribution is 7.14. The van der Waals surface area contributed by atoms with Gasteiger partial charge in [-0.15, -0.1) is 11.3 Å².